The molecule has 1 heterocycles. The van der Waals surface area contributed by atoms with Gasteiger partial charge in [-0.3, -0.25) is 19.3 Å². The number of hydrogen-bond donors (Lipinski definition) is 0. The number of rotatable bonds is 8. The Balaban J connectivity index is 1.60. The first kappa shape index (κ1) is 19.7. The Labute approximate surface area is 165 Å². The van der Waals surface area contributed by atoms with Crippen LogP contribution in [0.25, 0.3) is 0 Å². The summed E-state index contributed by atoms with van der Waals surface area (Å²) in [5.41, 5.74) is 0.678. The number of hydrogen-bond acceptors (Lipinski definition) is 3. The molecule has 2 aliphatic rings. The molecule has 3 amide bonds. The molecule has 2 fully saturated rings. The van der Waals surface area contributed by atoms with Gasteiger partial charge in [0.05, 0.1) is 0 Å². The molecule has 0 N–H and O–H groups in total. The minimum Gasteiger partial charge on any atom is -0.330 e. The molecule has 1 aliphatic heterocycles. The third kappa shape index (κ3) is 5.01. The van der Waals surface area contributed by atoms with Crippen LogP contribution in [0, 0.1) is 0 Å². The van der Waals surface area contributed by atoms with Gasteiger partial charge in [-0.2, -0.15) is 0 Å². The van der Waals surface area contributed by atoms with E-state index in [-0.39, 0.29) is 43.5 Å². The van der Waals surface area contributed by atoms with Crippen LogP contribution >= 0.6 is 11.6 Å². The summed E-state index contributed by atoms with van der Waals surface area (Å²) in [6.45, 7) is 2.39. The Morgan fingerprint density at radius 2 is 2.04 bits per heavy atom. The van der Waals surface area contributed by atoms with Crippen molar-refractivity contribution in [3.63, 3.8) is 0 Å². The minimum atomic E-state index is -0.177. The van der Waals surface area contributed by atoms with Crippen LogP contribution in [-0.4, -0.2) is 53.3 Å². The summed E-state index contributed by atoms with van der Waals surface area (Å²) < 4.78 is 0. The van der Waals surface area contributed by atoms with E-state index in [4.69, 9.17) is 11.6 Å². The molecule has 1 saturated carbocycles. The zero-order valence-electron chi connectivity index (χ0n) is 15.7. The number of anilines is 1. The number of benzene rings is 1. The lowest BCUT2D eigenvalue weighted by molar-refractivity contribution is -0.140. The summed E-state index contributed by atoms with van der Waals surface area (Å²) in [7, 11) is 0. The van der Waals surface area contributed by atoms with Crippen LogP contribution in [0.1, 0.15) is 45.4 Å². The number of halogens is 1. The van der Waals surface area contributed by atoms with Gasteiger partial charge in [-0.1, -0.05) is 37.4 Å². The minimum absolute atomic E-state index is 0.0356. The average Bonchev–Trinajstić information content (AvgIpc) is 3.40. The Morgan fingerprint density at radius 1 is 1.26 bits per heavy atom. The quantitative estimate of drug-likeness (QED) is 0.640. The Hall–Kier alpha value is -2.08. The second-order valence-corrected chi connectivity index (χ2v) is 7.68. The topological polar surface area (TPSA) is 60.9 Å². The molecule has 0 radical (unpaired) electrons. The van der Waals surface area contributed by atoms with Gasteiger partial charge < -0.3 is 9.80 Å². The number of unbranched alkanes of at least 4 members (excludes halogenated alkanes) is 2. The predicted octanol–water partition coefficient (Wildman–Crippen LogP) is 3.04. The molecule has 146 valence electrons. The Bertz CT molecular complexity index is 720. The van der Waals surface area contributed by atoms with Crippen LogP contribution in [-0.2, 0) is 14.4 Å². The highest BCUT2D eigenvalue weighted by Gasteiger charge is 2.37. The van der Waals surface area contributed by atoms with Crippen molar-refractivity contribution in [2.75, 3.05) is 24.7 Å². The Morgan fingerprint density at radius 3 is 2.70 bits per heavy atom. The fourth-order valence-electron chi connectivity index (χ4n) is 3.31. The van der Waals surface area contributed by atoms with E-state index >= 15 is 0 Å². The summed E-state index contributed by atoms with van der Waals surface area (Å²) in [6.07, 6.45) is 5.35. The van der Waals surface area contributed by atoms with Crippen molar-refractivity contribution in [3.8, 4) is 0 Å². The van der Waals surface area contributed by atoms with Crippen molar-refractivity contribution in [2.45, 2.75) is 51.5 Å². The molecule has 7 heteroatoms. The van der Waals surface area contributed by atoms with Gasteiger partial charge in [-0.25, -0.2) is 0 Å². The molecule has 1 saturated heterocycles. The first-order valence-electron chi connectivity index (χ1n) is 9.62. The van der Waals surface area contributed by atoms with Crippen molar-refractivity contribution in [1.29, 1.82) is 0 Å². The van der Waals surface area contributed by atoms with E-state index in [0.29, 0.717) is 17.1 Å². The van der Waals surface area contributed by atoms with E-state index in [2.05, 4.69) is 6.92 Å². The molecule has 0 aromatic heterocycles. The summed E-state index contributed by atoms with van der Waals surface area (Å²) in [5.74, 6) is -0.266. The zero-order chi connectivity index (χ0) is 19.4. The fraction of sp³-hybridized carbons (Fsp3) is 0.550. The van der Waals surface area contributed by atoms with Crippen molar-refractivity contribution in [3.05, 3.63) is 29.3 Å². The zero-order valence-corrected chi connectivity index (χ0v) is 16.5. The lowest BCUT2D eigenvalue weighted by atomic mass is 10.2. The lowest BCUT2D eigenvalue weighted by Crippen LogP contribution is -2.43. The highest BCUT2D eigenvalue weighted by Crippen LogP contribution is 2.28. The molecule has 0 unspecified atom stereocenters. The van der Waals surface area contributed by atoms with Gasteiger partial charge in [0, 0.05) is 23.2 Å². The van der Waals surface area contributed by atoms with Crippen molar-refractivity contribution in [1.82, 2.24) is 9.80 Å². The third-order valence-corrected chi connectivity index (χ3v) is 5.25. The van der Waals surface area contributed by atoms with Crippen LogP contribution in [0.5, 0.6) is 0 Å². The monoisotopic (exact) mass is 391 g/mol. The van der Waals surface area contributed by atoms with E-state index in [1.165, 1.54) is 4.90 Å². The van der Waals surface area contributed by atoms with Crippen LogP contribution in [0.4, 0.5) is 5.69 Å². The summed E-state index contributed by atoms with van der Waals surface area (Å²) >= 11 is 6.00. The second-order valence-electron chi connectivity index (χ2n) is 7.24. The SMILES string of the molecule is CCCCCC(=O)N(CC(=O)N1CC(=O)N(c2cccc(Cl)c2)C1)C1CC1. The van der Waals surface area contributed by atoms with Gasteiger partial charge >= 0.3 is 0 Å². The normalized spacial score (nSPS) is 16.7. The molecule has 3 rings (SSSR count). The van der Waals surface area contributed by atoms with Crippen LogP contribution < -0.4 is 4.90 Å². The van der Waals surface area contributed by atoms with E-state index < -0.39 is 0 Å². The van der Waals surface area contributed by atoms with Gasteiger partial charge in [-0.15, -0.1) is 0 Å². The maximum atomic E-state index is 12.7. The maximum absolute atomic E-state index is 12.7. The average molecular weight is 392 g/mol. The van der Waals surface area contributed by atoms with Gasteiger partial charge in [0.25, 0.3) is 0 Å². The third-order valence-electron chi connectivity index (χ3n) is 5.02. The number of amides is 3. The lowest BCUT2D eigenvalue weighted by Gasteiger charge is -2.25. The van der Waals surface area contributed by atoms with Crippen LogP contribution in [0.2, 0.25) is 5.02 Å². The van der Waals surface area contributed by atoms with Crippen molar-refractivity contribution < 1.29 is 14.4 Å². The van der Waals surface area contributed by atoms with Gasteiger partial charge in [0.1, 0.15) is 19.8 Å². The molecule has 1 aromatic carbocycles. The largest absolute Gasteiger partial charge is 0.330 e. The van der Waals surface area contributed by atoms with Gasteiger partial charge in [-0.05, 0) is 37.5 Å². The fourth-order valence-corrected chi connectivity index (χ4v) is 3.49. The maximum Gasteiger partial charge on any atom is 0.248 e. The van der Waals surface area contributed by atoms with E-state index in [9.17, 15) is 14.4 Å². The molecule has 0 spiro atoms. The van der Waals surface area contributed by atoms with Gasteiger partial charge in [0.15, 0.2) is 0 Å². The van der Waals surface area contributed by atoms with Gasteiger partial charge in [0.2, 0.25) is 17.7 Å². The molecular weight excluding hydrogens is 366 g/mol. The highest BCUT2D eigenvalue weighted by molar-refractivity contribution is 6.31. The summed E-state index contributed by atoms with van der Waals surface area (Å²) in [6, 6.07) is 7.21. The molecule has 6 nitrogen and oxygen atoms in total. The molecule has 1 aliphatic carbocycles. The van der Waals surface area contributed by atoms with E-state index in [1.807, 2.05) is 0 Å². The van der Waals surface area contributed by atoms with Crippen LogP contribution in [0.15, 0.2) is 24.3 Å². The summed E-state index contributed by atoms with van der Waals surface area (Å²) in [5, 5.41) is 0.544. The number of carbonyl (C=O) groups excluding carboxylic acids is 3. The first-order valence-corrected chi connectivity index (χ1v) is 10.0. The van der Waals surface area contributed by atoms with Crippen LogP contribution in [0.3, 0.4) is 0 Å². The Kier molecular flexibility index (Phi) is 6.37. The predicted molar refractivity (Wildman–Crippen MR) is 104 cm³/mol. The molecule has 0 atom stereocenters. The highest BCUT2D eigenvalue weighted by atomic mass is 35.5. The standard InChI is InChI=1S/C20H26ClN3O3/c1-2-3-4-8-18(25)23(16-9-10-16)13-19(26)22-12-20(27)24(14-22)17-7-5-6-15(21)11-17/h5-7,11,16H,2-4,8-10,12-14H2,1H3. The smallest absolute Gasteiger partial charge is 0.248 e. The van der Waals surface area contributed by atoms with Crippen molar-refractivity contribution >= 4 is 35.0 Å². The van der Waals surface area contributed by atoms with E-state index in [0.717, 1.165) is 32.1 Å². The summed E-state index contributed by atoms with van der Waals surface area (Å²) in [4.78, 5) is 42.4. The van der Waals surface area contributed by atoms with E-state index in [1.54, 1.807) is 34.1 Å². The van der Waals surface area contributed by atoms with Crippen molar-refractivity contribution in [2.24, 2.45) is 0 Å². The second kappa shape index (κ2) is 8.74. The number of nitrogens with zero attached hydrogens (tertiary/aromatic N) is 3. The first-order chi connectivity index (χ1) is 13.0. The molecule has 1 aromatic rings. The molecule has 27 heavy (non-hydrogen) atoms. The molecule has 0 bridgehead atoms. The molecular formula is C20H26ClN3O3. The number of carbonyl (C=O) groups is 3.